The lowest BCUT2D eigenvalue weighted by Gasteiger charge is -2.24. The zero-order valence-electron chi connectivity index (χ0n) is 11.0. The van der Waals surface area contributed by atoms with Crippen LogP contribution in [-0.2, 0) is 9.59 Å². The maximum absolute atomic E-state index is 12.3. The summed E-state index contributed by atoms with van der Waals surface area (Å²) in [6.07, 6.45) is 0.636. The number of likely N-dealkylation sites (N-methyl/N-ethyl adjacent to an activating group) is 1. The van der Waals surface area contributed by atoms with E-state index in [2.05, 4.69) is 0 Å². The highest BCUT2D eigenvalue weighted by atomic mass is 16.2. The molecule has 3 amide bonds. The number of hydrogen-bond acceptors (Lipinski definition) is 3. The number of amides is 3. The van der Waals surface area contributed by atoms with Gasteiger partial charge in [0.15, 0.2) is 0 Å². The van der Waals surface area contributed by atoms with E-state index in [0.717, 1.165) is 4.90 Å². The third-order valence-corrected chi connectivity index (χ3v) is 3.18. The molecule has 1 aromatic rings. The first-order valence-corrected chi connectivity index (χ1v) is 6.15. The summed E-state index contributed by atoms with van der Waals surface area (Å²) in [5.41, 5.74) is 0.425. The van der Waals surface area contributed by atoms with Crippen molar-refractivity contribution in [3.05, 3.63) is 35.9 Å². The molecule has 1 saturated heterocycles. The Bertz CT molecular complexity index is 511. The summed E-state index contributed by atoms with van der Waals surface area (Å²) >= 11 is 0. The first kappa shape index (κ1) is 13.3. The molecule has 0 bridgehead atoms. The first-order chi connectivity index (χ1) is 9.02. The molecule has 0 saturated carbocycles. The summed E-state index contributed by atoms with van der Waals surface area (Å²) in [5.74, 6) is -0.896. The molecule has 0 radical (unpaired) electrons. The minimum absolute atomic E-state index is 0.213. The van der Waals surface area contributed by atoms with Gasteiger partial charge in [-0.05, 0) is 18.6 Å². The van der Waals surface area contributed by atoms with E-state index in [0.29, 0.717) is 12.0 Å². The van der Waals surface area contributed by atoms with Gasteiger partial charge >= 0.3 is 0 Å². The summed E-state index contributed by atoms with van der Waals surface area (Å²) < 4.78 is 0. The van der Waals surface area contributed by atoms with Gasteiger partial charge in [-0.25, -0.2) is 0 Å². The van der Waals surface area contributed by atoms with E-state index in [1.807, 2.05) is 0 Å². The fraction of sp³-hybridized carbons (Fsp3) is 0.357. The number of hydrogen-bond donors (Lipinski definition) is 0. The van der Waals surface area contributed by atoms with Crippen LogP contribution in [0.2, 0.25) is 0 Å². The number of nitrogens with zero attached hydrogens (tertiary/aromatic N) is 2. The van der Waals surface area contributed by atoms with E-state index in [1.165, 1.54) is 4.90 Å². The lowest BCUT2D eigenvalue weighted by atomic mass is 10.1. The van der Waals surface area contributed by atoms with Crippen molar-refractivity contribution in [2.45, 2.75) is 18.9 Å². The zero-order chi connectivity index (χ0) is 14.0. The second kappa shape index (κ2) is 5.22. The number of imide groups is 1. The van der Waals surface area contributed by atoms with Crippen LogP contribution >= 0.6 is 0 Å². The minimum Gasteiger partial charge on any atom is -0.347 e. The van der Waals surface area contributed by atoms with Gasteiger partial charge in [-0.3, -0.25) is 19.3 Å². The van der Waals surface area contributed by atoms with Crippen molar-refractivity contribution in [3.8, 4) is 0 Å². The van der Waals surface area contributed by atoms with Crippen LogP contribution in [0.25, 0.3) is 0 Å². The van der Waals surface area contributed by atoms with Crippen LogP contribution in [0.15, 0.2) is 30.3 Å². The summed E-state index contributed by atoms with van der Waals surface area (Å²) in [6, 6.07) is 7.88. The van der Waals surface area contributed by atoms with Crippen molar-refractivity contribution in [1.82, 2.24) is 9.80 Å². The Morgan fingerprint density at radius 2 is 1.84 bits per heavy atom. The van der Waals surface area contributed by atoms with Crippen LogP contribution < -0.4 is 0 Å². The van der Waals surface area contributed by atoms with Gasteiger partial charge in [-0.15, -0.1) is 0 Å². The lowest BCUT2D eigenvalue weighted by molar-refractivity contribution is -0.137. The average Bonchev–Trinajstić information content (AvgIpc) is 2.79. The van der Waals surface area contributed by atoms with Crippen LogP contribution in [0, 0.1) is 0 Å². The van der Waals surface area contributed by atoms with E-state index in [9.17, 15) is 14.4 Å². The molecule has 19 heavy (non-hydrogen) atoms. The van der Waals surface area contributed by atoms with Gasteiger partial charge in [0.25, 0.3) is 5.91 Å². The van der Waals surface area contributed by atoms with Gasteiger partial charge in [0, 0.05) is 26.1 Å². The molecule has 100 valence electrons. The van der Waals surface area contributed by atoms with Gasteiger partial charge in [0.05, 0.1) is 0 Å². The molecular formula is C14H16N2O3. The molecular weight excluding hydrogens is 244 g/mol. The first-order valence-electron chi connectivity index (χ1n) is 6.15. The number of carbonyl (C=O) groups excluding carboxylic acids is 3. The SMILES string of the molecule is CN(C)C(=O)[C@H]1CCC(=O)N1C(=O)c1ccccc1. The Morgan fingerprint density at radius 1 is 1.21 bits per heavy atom. The van der Waals surface area contributed by atoms with E-state index in [4.69, 9.17) is 0 Å². The molecule has 1 fully saturated rings. The molecule has 5 nitrogen and oxygen atoms in total. The average molecular weight is 260 g/mol. The maximum atomic E-state index is 12.3. The number of rotatable bonds is 2. The van der Waals surface area contributed by atoms with Crippen LogP contribution in [0.4, 0.5) is 0 Å². The van der Waals surface area contributed by atoms with Gasteiger partial charge in [-0.1, -0.05) is 18.2 Å². The predicted molar refractivity (Wildman–Crippen MR) is 69.3 cm³/mol. The highest BCUT2D eigenvalue weighted by Crippen LogP contribution is 2.22. The van der Waals surface area contributed by atoms with Crippen molar-refractivity contribution in [3.63, 3.8) is 0 Å². The van der Waals surface area contributed by atoms with Crippen LogP contribution in [-0.4, -0.2) is 47.7 Å². The lowest BCUT2D eigenvalue weighted by Crippen LogP contribution is -2.47. The molecule has 5 heteroatoms. The molecule has 0 spiro atoms. The van der Waals surface area contributed by atoms with Crippen molar-refractivity contribution in [1.29, 1.82) is 0 Å². The summed E-state index contributed by atoms with van der Waals surface area (Å²) in [7, 11) is 3.24. The smallest absolute Gasteiger partial charge is 0.261 e. The molecule has 1 aliphatic heterocycles. The second-order valence-corrected chi connectivity index (χ2v) is 4.72. The molecule has 0 aromatic heterocycles. The standard InChI is InChI=1S/C14H16N2O3/c1-15(2)14(19)11-8-9-12(17)16(11)13(18)10-6-4-3-5-7-10/h3-7,11H,8-9H2,1-2H3/t11-/m1/s1. The Balaban J connectivity index is 2.28. The van der Waals surface area contributed by atoms with Crippen molar-refractivity contribution in [2.24, 2.45) is 0 Å². The largest absolute Gasteiger partial charge is 0.347 e. The molecule has 1 aromatic carbocycles. The van der Waals surface area contributed by atoms with Crippen molar-refractivity contribution < 1.29 is 14.4 Å². The number of likely N-dealkylation sites (tertiary alicyclic amines) is 1. The summed E-state index contributed by atoms with van der Waals surface area (Å²) in [6.45, 7) is 0. The number of carbonyl (C=O) groups is 3. The van der Waals surface area contributed by atoms with Crippen molar-refractivity contribution in [2.75, 3.05) is 14.1 Å². The van der Waals surface area contributed by atoms with Gasteiger partial charge in [-0.2, -0.15) is 0 Å². The van der Waals surface area contributed by atoms with Gasteiger partial charge in [0.1, 0.15) is 6.04 Å². The van der Waals surface area contributed by atoms with E-state index in [1.54, 1.807) is 44.4 Å². The summed E-state index contributed by atoms with van der Waals surface area (Å²) in [5, 5.41) is 0. The maximum Gasteiger partial charge on any atom is 0.261 e. The van der Waals surface area contributed by atoms with Gasteiger partial charge in [0.2, 0.25) is 11.8 Å². The van der Waals surface area contributed by atoms with E-state index < -0.39 is 11.9 Å². The Kier molecular flexibility index (Phi) is 3.64. The molecule has 0 N–H and O–H groups in total. The third kappa shape index (κ3) is 2.50. The minimum atomic E-state index is -0.671. The number of benzene rings is 1. The fourth-order valence-corrected chi connectivity index (χ4v) is 2.19. The van der Waals surface area contributed by atoms with E-state index >= 15 is 0 Å². The Labute approximate surface area is 111 Å². The Morgan fingerprint density at radius 3 is 2.42 bits per heavy atom. The Hall–Kier alpha value is -2.17. The molecule has 0 unspecified atom stereocenters. The van der Waals surface area contributed by atoms with Crippen LogP contribution in [0.1, 0.15) is 23.2 Å². The summed E-state index contributed by atoms with van der Waals surface area (Å²) in [4.78, 5) is 38.7. The molecule has 2 rings (SSSR count). The zero-order valence-corrected chi connectivity index (χ0v) is 11.0. The van der Waals surface area contributed by atoms with Crippen LogP contribution in [0.3, 0.4) is 0 Å². The molecule has 0 aliphatic carbocycles. The molecule has 1 atom stereocenters. The highest BCUT2D eigenvalue weighted by Gasteiger charge is 2.41. The van der Waals surface area contributed by atoms with Crippen molar-refractivity contribution >= 4 is 17.7 Å². The quantitative estimate of drug-likeness (QED) is 0.742. The topological polar surface area (TPSA) is 57.7 Å². The third-order valence-electron chi connectivity index (χ3n) is 3.18. The molecule has 1 aliphatic rings. The fourth-order valence-electron chi connectivity index (χ4n) is 2.19. The van der Waals surface area contributed by atoms with Gasteiger partial charge < -0.3 is 4.90 Å². The predicted octanol–water partition coefficient (Wildman–Crippen LogP) is 0.906. The van der Waals surface area contributed by atoms with Crippen LogP contribution in [0.5, 0.6) is 0 Å². The normalized spacial score (nSPS) is 18.5. The highest BCUT2D eigenvalue weighted by molar-refractivity contribution is 6.09. The van der Waals surface area contributed by atoms with E-state index in [-0.39, 0.29) is 18.2 Å². The monoisotopic (exact) mass is 260 g/mol. The second-order valence-electron chi connectivity index (χ2n) is 4.72. The molecule has 1 heterocycles.